The first kappa shape index (κ1) is 7.79. The molecular formula is C9H8N2O2. The highest BCUT2D eigenvalue weighted by Crippen LogP contribution is 2.07. The Morgan fingerprint density at radius 3 is 2.85 bits per heavy atom. The molecule has 0 spiro atoms. The number of aromatic nitrogens is 2. The van der Waals surface area contributed by atoms with Crippen molar-refractivity contribution in [2.45, 2.75) is 6.92 Å². The topological polar surface area (TPSA) is 55.1 Å². The van der Waals surface area contributed by atoms with Crippen LogP contribution in [0.2, 0.25) is 0 Å². The molecule has 0 aliphatic heterocycles. The Morgan fingerprint density at radius 2 is 2.08 bits per heavy atom. The molecule has 0 bridgehead atoms. The number of hydrogen-bond acceptors (Lipinski definition) is 3. The van der Waals surface area contributed by atoms with Gasteiger partial charge in [-0.15, -0.1) is 0 Å². The Hall–Kier alpha value is -1.84. The van der Waals surface area contributed by atoms with E-state index in [1.165, 1.54) is 0 Å². The number of aryl methyl sites for hydroxylation is 1. The van der Waals surface area contributed by atoms with Crippen LogP contribution in [0.25, 0.3) is 10.9 Å². The zero-order valence-electron chi connectivity index (χ0n) is 7.06. The van der Waals surface area contributed by atoms with Gasteiger partial charge in [0.15, 0.2) is 0 Å². The maximum Gasteiger partial charge on any atom is 0.281 e. The Morgan fingerprint density at radius 1 is 1.38 bits per heavy atom. The van der Waals surface area contributed by atoms with Crippen LogP contribution in [0.15, 0.2) is 29.1 Å². The van der Waals surface area contributed by atoms with E-state index >= 15 is 0 Å². The fourth-order valence-electron chi connectivity index (χ4n) is 1.27. The molecule has 0 aliphatic carbocycles. The Kier molecular flexibility index (Phi) is 1.55. The largest absolute Gasteiger partial charge is 0.427 e. The van der Waals surface area contributed by atoms with E-state index in [-0.39, 0.29) is 5.56 Å². The van der Waals surface area contributed by atoms with Gasteiger partial charge in [-0.1, -0.05) is 12.1 Å². The van der Waals surface area contributed by atoms with Crippen molar-refractivity contribution in [3.8, 4) is 0 Å². The first-order chi connectivity index (χ1) is 6.20. The van der Waals surface area contributed by atoms with Crippen molar-refractivity contribution >= 4 is 10.9 Å². The van der Waals surface area contributed by atoms with Gasteiger partial charge >= 0.3 is 0 Å². The molecule has 4 nitrogen and oxygen atoms in total. The SMILES string of the molecule is Cc1nc(=O)c2ccccc2n1O. The minimum absolute atomic E-state index is 0.295. The van der Waals surface area contributed by atoms with Gasteiger partial charge in [-0.3, -0.25) is 4.79 Å². The number of benzene rings is 1. The third-order valence-corrected chi connectivity index (χ3v) is 1.93. The highest BCUT2D eigenvalue weighted by Gasteiger charge is 2.04. The quantitative estimate of drug-likeness (QED) is 0.608. The van der Waals surface area contributed by atoms with Crippen LogP contribution in [-0.4, -0.2) is 14.9 Å². The van der Waals surface area contributed by atoms with E-state index in [1.807, 2.05) is 0 Å². The normalized spacial score (nSPS) is 10.5. The molecular weight excluding hydrogens is 168 g/mol. The van der Waals surface area contributed by atoms with Crippen molar-refractivity contribution in [3.63, 3.8) is 0 Å². The summed E-state index contributed by atoms with van der Waals surface area (Å²) >= 11 is 0. The van der Waals surface area contributed by atoms with Crippen LogP contribution in [0, 0.1) is 6.92 Å². The summed E-state index contributed by atoms with van der Waals surface area (Å²) in [7, 11) is 0. The summed E-state index contributed by atoms with van der Waals surface area (Å²) < 4.78 is 0.913. The van der Waals surface area contributed by atoms with E-state index in [4.69, 9.17) is 0 Å². The van der Waals surface area contributed by atoms with E-state index in [2.05, 4.69) is 4.98 Å². The highest BCUT2D eigenvalue weighted by molar-refractivity contribution is 5.77. The van der Waals surface area contributed by atoms with Crippen LogP contribution in [0.4, 0.5) is 0 Å². The smallest absolute Gasteiger partial charge is 0.281 e. The summed E-state index contributed by atoms with van der Waals surface area (Å²) in [5.74, 6) is 0.295. The lowest BCUT2D eigenvalue weighted by Crippen LogP contribution is -2.14. The van der Waals surface area contributed by atoms with Gasteiger partial charge < -0.3 is 5.21 Å². The van der Waals surface area contributed by atoms with Crippen LogP contribution in [0.3, 0.4) is 0 Å². The molecule has 0 saturated heterocycles. The summed E-state index contributed by atoms with van der Waals surface area (Å²) in [6.45, 7) is 1.58. The Balaban J connectivity index is 3.06. The predicted octanol–water partition coefficient (Wildman–Crippen LogP) is 0.942. The summed E-state index contributed by atoms with van der Waals surface area (Å²) in [6, 6.07) is 6.80. The fraction of sp³-hybridized carbons (Fsp3) is 0.111. The van der Waals surface area contributed by atoms with Crippen molar-refractivity contribution in [1.29, 1.82) is 0 Å². The zero-order chi connectivity index (χ0) is 9.42. The van der Waals surface area contributed by atoms with Gasteiger partial charge in [-0.05, 0) is 19.1 Å². The van der Waals surface area contributed by atoms with Gasteiger partial charge in [-0.2, -0.15) is 9.71 Å². The first-order valence-corrected chi connectivity index (χ1v) is 3.88. The van der Waals surface area contributed by atoms with Gasteiger partial charge in [0.2, 0.25) is 0 Å². The van der Waals surface area contributed by atoms with Gasteiger partial charge in [-0.25, -0.2) is 0 Å². The molecule has 2 aromatic rings. The molecule has 0 atom stereocenters. The highest BCUT2D eigenvalue weighted by atomic mass is 16.5. The van der Waals surface area contributed by atoms with E-state index in [0.29, 0.717) is 16.7 Å². The van der Waals surface area contributed by atoms with Crippen LogP contribution in [0.1, 0.15) is 5.82 Å². The lowest BCUT2D eigenvalue weighted by molar-refractivity contribution is 0.187. The summed E-state index contributed by atoms with van der Waals surface area (Å²) in [5.41, 5.74) is 0.179. The van der Waals surface area contributed by atoms with Crippen molar-refractivity contribution in [2.75, 3.05) is 0 Å². The molecule has 0 saturated carbocycles. The van der Waals surface area contributed by atoms with Gasteiger partial charge in [0.05, 0.1) is 10.9 Å². The van der Waals surface area contributed by atoms with Crippen LogP contribution in [-0.2, 0) is 0 Å². The van der Waals surface area contributed by atoms with Gasteiger partial charge in [0.25, 0.3) is 5.56 Å². The minimum Gasteiger partial charge on any atom is -0.427 e. The van der Waals surface area contributed by atoms with Crippen molar-refractivity contribution in [3.05, 3.63) is 40.4 Å². The monoisotopic (exact) mass is 176 g/mol. The van der Waals surface area contributed by atoms with Gasteiger partial charge in [0.1, 0.15) is 5.82 Å². The maximum atomic E-state index is 11.3. The van der Waals surface area contributed by atoms with E-state index in [9.17, 15) is 10.0 Å². The van der Waals surface area contributed by atoms with E-state index in [0.717, 1.165) is 4.73 Å². The molecule has 0 radical (unpaired) electrons. The molecule has 0 amide bonds. The van der Waals surface area contributed by atoms with Crippen molar-refractivity contribution < 1.29 is 5.21 Å². The minimum atomic E-state index is -0.307. The molecule has 1 aromatic heterocycles. The standard InChI is InChI=1S/C9H8N2O2/c1-6-10-9(12)7-4-2-3-5-8(7)11(6)13/h2-5,13H,1H3. The fourth-order valence-corrected chi connectivity index (χ4v) is 1.27. The number of hydrogen-bond donors (Lipinski definition) is 1. The molecule has 2 rings (SSSR count). The second-order valence-electron chi connectivity index (χ2n) is 2.79. The van der Waals surface area contributed by atoms with Crippen molar-refractivity contribution in [1.82, 2.24) is 9.71 Å². The van der Waals surface area contributed by atoms with E-state index in [1.54, 1.807) is 31.2 Å². The van der Waals surface area contributed by atoms with E-state index < -0.39 is 0 Å². The van der Waals surface area contributed by atoms with Crippen molar-refractivity contribution in [2.24, 2.45) is 0 Å². The Labute approximate surface area is 74.0 Å². The maximum absolute atomic E-state index is 11.3. The molecule has 1 N–H and O–H groups in total. The third-order valence-electron chi connectivity index (χ3n) is 1.93. The molecule has 1 aromatic carbocycles. The van der Waals surface area contributed by atoms with Crippen LogP contribution < -0.4 is 5.56 Å². The lowest BCUT2D eigenvalue weighted by atomic mass is 10.2. The Bertz CT molecular complexity index is 516. The second-order valence-corrected chi connectivity index (χ2v) is 2.79. The second kappa shape index (κ2) is 2.58. The van der Waals surface area contributed by atoms with Crippen LogP contribution >= 0.6 is 0 Å². The molecule has 66 valence electrons. The average Bonchev–Trinajstić information content (AvgIpc) is 2.15. The lowest BCUT2D eigenvalue weighted by Gasteiger charge is -2.04. The number of nitrogens with zero attached hydrogens (tertiary/aromatic N) is 2. The molecule has 0 fully saturated rings. The molecule has 0 aliphatic rings. The number of rotatable bonds is 0. The summed E-state index contributed by atoms with van der Waals surface area (Å²) in [5, 5.41) is 9.92. The molecule has 4 heteroatoms. The number of para-hydroxylation sites is 1. The predicted molar refractivity (Wildman–Crippen MR) is 47.9 cm³/mol. The molecule has 13 heavy (non-hydrogen) atoms. The zero-order valence-corrected chi connectivity index (χ0v) is 7.06. The van der Waals surface area contributed by atoms with Gasteiger partial charge in [0, 0.05) is 0 Å². The summed E-state index contributed by atoms with van der Waals surface area (Å²) in [4.78, 5) is 15.0. The third kappa shape index (κ3) is 1.07. The summed E-state index contributed by atoms with van der Waals surface area (Å²) in [6.07, 6.45) is 0. The average molecular weight is 176 g/mol. The first-order valence-electron chi connectivity index (χ1n) is 3.88. The molecule has 1 heterocycles. The molecule has 0 unspecified atom stereocenters. The number of fused-ring (bicyclic) bond motifs is 1. The van der Waals surface area contributed by atoms with Crippen LogP contribution in [0.5, 0.6) is 0 Å².